The monoisotopic (exact) mass is 524 g/mol. The van der Waals surface area contributed by atoms with Crippen molar-refractivity contribution in [2.45, 2.75) is 6.92 Å². The molecule has 0 unspecified atom stereocenters. The van der Waals surface area contributed by atoms with Crippen molar-refractivity contribution in [1.29, 1.82) is 0 Å². The Bertz CT molecular complexity index is 1560. The first-order valence-corrected chi connectivity index (χ1v) is 12.8. The Kier molecular flexibility index (Phi) is 8.18. The lowest BCUT2D eigenvalue weighted by Crippen LogP contribution is -1.94. The number of pyridine rings is 4. The molecule has 0 aliphatic heterocycles. The van der Waals surface area contributed by atoms with Crippen LogP contribution in [0.1, 0.15) is 5.56 Å². The third-order valence-electron chi connectivity index (χ3n) is 6.36. The van der Waals surface area contributed by atoms with Gasteiger partial charge in [0.1, 0.15) is 11.5 Å². The van der Waals surface area contributed by atoms with Crippen LogP contribution < -0.4 is 4.74 Å². The van der Waals surface area contributed by atoms with Crippen molar-refractivity contribution in [2.75, 3.05) is 7.11 Å². The number of phenols is 1. The molecule has 0 saturated carbocycles. The van der Waals surface area contributed by atoms with Crippen LogP contribution in [0.15, 0.2) is 128 Å². The summed E-state index contributed by atoms with van der Waals surface area (Å²) in [6, 6.07) is 25.4. The minimum atomic E-state index is 0.253. The summed E-state index contributed by atoms with van der Waals surface area (Å²) in [7, 11) is 1.70. The Hall–Kier alpha value is -5.36. The molecular weight excluding hydrogens is 496 g/mol. The molecule has 0 aliphatic rings. The number of aromatic nitrogens is 4. The fourth-order valence-corrected chi connectivity index (χ4v) is 4.52. The van der Waals surface area contributed by atoms with Crippen molar-refractivity contribution in [3.63, 3.8) is 0 Å². The van der Waals surface area contributed by atoms with Crippen LogP contribution >= 0.6 is 0 Å². The molecule has 4 heterocycles. The molecule has 0 atom stereocenters. The van der Waals surface area contributed by atoms with Crippen molar-refractivity contribution in [2.24, 2.45) is 0 Å². The van der Waals surface area contributed by atoms with E-state index in [2.05, 4.69) is 39.0 Å². The molecule has 4 aromatic heterocycles. The number of nitrogens with zero attached hydrogens (tertiary/aromatic N) is 4. The molecule has 2 aromatic carbocycles. The van der Waals surface area contributed by atoms with Crippen LogP contribution in [0.5, 0.6) is 11.5 Å². The molecule has 0 bridgehead atoms. The van der Waals surface area contributed by atoms with Crippen LogP contribution in [0.25, 0.3) is 44.5 Å². The average Bonchev–Trinajstić information content (AvgIpc) is 3.03. The van der Waals surface area contributed by atoms with E-state index in [1.165, 1.54) is 5.56 Å². The minimum absolute atomic E-state index is 0.253. The Labute approximate surface area is 233 Å². The van der Waals surface area contributed by atoms with Gasteiger partial charge >= 0.3 is 0 Å². The van der Waals surface area contributed by atoms with Gasteiger partial charge in [0, 0.05) is 94.1 Å². The smallest absolute Gasteiger partial charge is 0.134 e. The van der Waals surface area contributed by atoms with Crippen molar-refractivity contribution >= 4 is 0 Å². The van der Waals surface area contributed by atoms with E-state index in [9.17, 15) is 5.11 Å². The van der Waals surface area contributed by atoms with Gasteiger partial charge in [-0.15, -0.1) is 0 Å². The number of aryl methyl sites for hydroxylation is 1. The summed E-state index contributed by atoms with van der Waals surface area (Å²) in [6.07, 6.45) is 14.2. The first-order chi connectivity index (χ1) is 19.7. The average molecular weight is 525 g/mol. The predicted molar refractivity (Wildman–Crippen MR) is 159 cm³/mol. The molecule has 0 saturated heterocycles. The Morgan fingerprint density at radius 3 is 1.23 bits per heavy atom. The lowest BCUT2D eigenvalue weighted by Gasteiger charge is -2.15. The third-order valence-corrected chi connectivity index (χ3v) is 6.36. The van der Waals surface area contributed by atoms with Crippen molar-refractivity contribution < 1.29 is 9.84 Å². The number of para-hydroxylation sites is 1. The van der Waals surface area contributed by atoms with Crippen LogP contribution in [0.2, 0.25) is 0 Å². The first-order valence-electron chi connectivity index (χ1n) is 12.8. The third kappa shape index (κ3) is 5.87. The van der Waals surface area contributed by atoms with E-state index >= 15 is 0 Å². The van der Waals surface area contributed by atoms with Gasteiger partial charge in [0.05, 0.1) is 7.11 Å². The van der Waals surface area contributed by atoms with Crippen LogP contribution in [0.3, 0.4) is 0 Å². The van der Waals surface area contributed by atoms with Gasteiger partial charge in [-0.3, -0.25) is 19.9 Å². The summed E-state index contributed by atoms with van der Waals surface area (Å²) in [5, 5.41) is 10.4. The zero-order valence-corrected chi connectivity index (χ0v) is 22.3. The summed E-state index contributed by atoms with van der Waals surface area (Å²) >= 11 is 0. The second kappa shape index (κ2) is 12.5. The molecule has 6 nitrogen and oxygen atoms in total. The molecular formula is C34H28N4O2. The summed E-state index contributed by atoms with van der Waals surface area (Å²) < 4.78 is 5.68. The Morgan fingerprint density at radius 2 is 0.900 bits per heavy atom. The molecule has 6 aromatic rings. The second-order valence-electron chi connectivity index (χ2n) is 9.06. The summed E-state index contributed by atoms with van der Waals surface area (Å²) in [6.45, 7) is 2.08. The zero-order valence-electron chi connectivity index (χ0n) is 22.3. The van der Waals surface area contributed by atoms with E-state index in [0.717, 1.165) is 50.3 Å². The van der Waals surface area contributed by atoms with E-state index < -0.39 is 0 Å². The number of benzene rings is 2. The van der Waals surface area contributed by atoms with Gasteiger partial charge in [0.25, 0.3) is 0 Å². The van der Waals surface area contributed by atoms with Gasteiger partial charge in [-0.2, -0.15) is 0 Å². The molecule has 0 spiro atoms. The van der Waals surface area contributed by atoms with Gasteiger partial charge in [0.15, 0.2) is 0 Å². The van der Waals surface area contributed by atoms with E-state index in [4.69, 9.17) is 4.74 Å². The molecule has 0 fully saturated rings. The Morgan fingerprint density at radius 1 is 0.525 bits per heavy atom. The molecule has 196 valence electrons. The number of hydrogen-bond acceptors (Lipinski definition) is 6. The molecule has 1 N–H and O–H groups in total. The van der Waals surface area contributed by atoms with E-state index in [-0.39, 0.29) is 5.75 Å². The van der Waals surface area contributed by atoms with E-state index in [1.54, 1.807) is 44.3 Å². The van der Waals surface area contributed by atoms with Gasteiger partial charge < -0.3 is 9.84 Å². The number of hydrogen-bond donors (Lipinski definition) is 1. The lowest BCUT2D eigenvalue weighted by molar-refractivity contribution is 0.418. The van der Waals surface area contributed by atoms with Gasteiger partial charge in [-0.05, 0) is 48.9 Å². The van der Waals surface area contributed by atoms with Crippen LogP contribution in [0, 0.1) is 6.92 Å². The van der Waals surface area contributed by atoms with Gasteiger partial charge in [0.2, 0.25) is 0 Å². The normalized spacial score (nSPS) is 10.3. The summed E-state index contributed by atoms with van der Waals surface area (Å²) in [5.41, 5.74) is 8.69. The quantitative estimate of drug-likeness (QED) is 0.250. The fourth-order valence-electron chi connectivity index (χ4n) is 4.52. The summed E-state index contributed by atoms with van der Waals surface area (Å²) in [4.78, 5) is 16.6. The van der Waals surface area contributed by atoms with Gasteiger partial charge in [-0.25, -0.2) is 0 Å². The van der Waals surface area contributed by atoms with Crippen molar-refractivity contribution in [1.82, 2.24) is 19.9 Å². The topological polar surface area (TPSA) is 81.0 Å². The highest BCUT2D eigenvalue weighted by molar-refractivity contribution is 5.83. The first kappa shape index (κ1) is 26.3. The van der Waals surface area contributed by atoms with Crippen molar-refractivity contribution in [3.05, 3.63) is 134 Å². The number of aromatic hydroxyl groups is 1. The number of ether oxygens (including phenoxy) is 1. The molecule has 6 heteroatoms. The van der Waals surface area contributed by atoms with E-state index in [1.807, 2.05) is 79.1 Å². The van der Waals surface area contributed by atoms with Gasteiger partial charge in [-0.1, -0.05) is 42.5 Å². The largest absolute Gasteiger partial charge is 0.507 e. The minimum Gasteiger partial charge on any atom is -0.507 e. The van der Waals surface area contributed by atoms with E-state index in [0.29, 0.717) is 0 Å². The maximum atomic E-state index is 10.4. The van der Waals surface area contributed by atoms with Crippen molar-refractivity contribution in [3.8, 4) is 56.0 Å². The molecule has 0 aliphatic carbocycles. The maximum Gasteiger partial charge on any atom is 0.134 e. The standard InChI is InChI=1S/C18H16N2O.C16H12N2O/c1-13-9-16(14-5-3-7-19-11-14)18(21-2)17(10-13)15-6-4-8-20-12-15;19-16-14(12-4-2-8-17-10-12)6-1-7-15(16)13-5-3-9-18-11-13/h3-12H,1-2H3;1-11,19H. The lowest BCUT2D eigenvalue weighted by atomic mass is 9.96. The second-order valence-corrected chi connectivity index (χ2v) is 9.06. The molecule has 40 heavy (non-hydrogen) atoms. The summed E-state index contributed by atoms with van der Waals surface area (Å²) in [5.74, 6) is 1.10. The molecule has 0 amide bonds. The maximum absolute atomic E-state index is 10.4. The van der Waals surface area contributed by atoms with Crippen LogP contribution in [0.4, 0.5) is 0 Å². The highest BCUT2D eigenvalue weighted by Crippen LogP contribution is 2.40. The fraction of sp³-hybridized carbons (Fsp3) is 0.0588. The zero-order chi connectivity index (χ0) is 27.7. The number of methoxy groups -OCH3 is 1. The Balaban J connectivity index is 0.000000162. The molecule has 6 rings (SSSR count). The number of rotatable bonds is 5. The highest BCUT2D eigenvalue weighted by atomic mass is 16.5. The predicted octanol–water partition coefficient (Wildman–Crippen LogP) is 7.64. The molecule has 0 radical (unpaired) electrons. The number of phenolic OH excluding ortho intramolecular Hbond substituents is 1. The van der Waals surface area contributed by atoms with Crippen LogP contribution in [-0.4, -0.2) is 32.2 Å². The van der Waals surface area contributed by atoms with Crippen LogP contribution in [-0.2, 0) is 0 Å². The SMILES string of the molecule is COc1c(-c2cccnc2)cc(C)cc1-c1cccnc1.Oc1c(-c2cccnc2)cccc1-c1cccnc1. The highest BCUT2D eigenvalue weighted by Gasteiger charge is 2.14.